The number of hydrogen-bond acceptors (Lipinski definition) is 2. The van der Waals surface area contributed by atoms with Gasteiger partial charge in [0.05, 0.1) is 5.69 Å². The number of furan rings is 1. The standard InChI is InChI=1S/C9H8NO/c1-6-5-8-3-4-11-9(8)7(2)10-6/h3,5H,1-2H3. The Balaban J connectivity index is 2.91. The summed E-state index contributed by atoms with van der Waals surface area (Å²) >= 11 is 0. The third-order valence-electron chi connectivity index (χ3n) is 1.67. The van der Waals surface area contributed by atoms with E-state index in [1.807, 2.05) is 26.0 Å². The van der Waals surface area contributed by atoms with E-state index in [2.05, 4.69) is 11.2 Å². The van der Waals surface area contributed by atoms with Gasteiger partial charge in [0, 0.05) is 11.1 Å². The zero-order valence-corrected chi connectivity index (χ0v) is 6.51. The van der Waals surface area contributed by atoms with Crippen LogP contribution in [0.5, 0.6) is 0 Å². The molecule has 0 fully saturated rings. The lowest BCUT2D eigenvalue weighted by Crippen LogP contribution is -1.84. The van der Waals surface area contributed by atoms with Crippen LogP contribution in [0, 0.1) is 20.1 Å². The summed E-state index contributed by atoms with van der Waals surface area (Å²) in [5.41, 5.74) is 2.79. The molecule has 2 heterocycles. The van der Waals surface area contributed by atoms with E-state index < -0.39 is 0 Å². The average Bonchev–Trinajstić information content (AvgIpc) is 2.34. The number of fused-ring (bicyclic) bond motifs is 1. The maximum atomic E-state index is 5.12. The van der Waals surface area contributed by atoms with Gasteiger partial charge in [0.1, 0.15) is 0 Å². The molecule has 11 heavy (non-hydrogen) atoms. The summed E-state index contributed by atoms with van der Waals surface area (Å²) < 4.78 is 5.12. The molecule has 0 spiro atoms. The Morgan fingerprint density at radius 2 is 2.27 bits per heavy atom. The molecule has 0 amide bonds. The third kappa shape index (κ3) is 0.909. The van der Waals surface area contributed by atoms with Crippen molar-refractivity contribution in [3.63, 3.8) is 0 Å². The van der Waals surface area contributed by atoms with Crippen LogP contribution < -0.4 is 0 Å². The van der Waals surface area contributed by atoms with E-state index in [0.717, 1.165) is 22.4 Å². The summed E-state index contributed by atoms with van der Waals surface area (Å²) in [5.74, 6) is 0. The van der Waals surface area contributed by atoms with Gasteiger partial charge in [-0.15, -0.1) is 0 Å². The monoisotopic (exact) mass is 146 g/mol. The molecule has 2 nitrogen and oxygen atoms in total. The van der Waals surface area contributed by atoms with Crippen LogP contribution in [-0.4, -0.2) is 4.98 Å². The maximum absolute atomic E-state index is 5.12. The van der Waals surface area contributed by atoms with Crippen molar-refractivity contribution in [2.75, 3.05) is 0 Å². The van der Waals surface area contributed by atoms with Gasteiger partial charge in [-0.2, -0.15) is 0 Å². The van der Waals surface area contributed by atoms with Gasteiger partial charge in [0.15, 0.2) is 11.8 Å². The van der Waals surface area contributed by atoms with Gasteiger partial charge in [0.25, 0.3) is 0 Å². The Kier molecular flexibility index (Phi) is 1.22. The van der Waals surface area contributed by atoms with E-state index in [1.54, 1.807) is 0 Å². The molecule has 0 aliphatic carbocycles. The first kappa shape index (κ1) is 6.40. The fourth-order valence-corrected chi connectivity index (χ4v) is 1.24. The maximum Gasteiger partial charge on any atom is 0.170 e. The van der Waals surface area contributed by atoms with Crippen LogP contribution >= 0.6 is 0 Å². The predicted molar refractivity (Wildman–Crippen MR) is 42.3 cm³/mol. The molecular weight excluding hydrogens is 138 g/mol. The minimum atomic E-state index is 0.843. The lowest BCUT2D eigenvalue weighted by Gasteiger charge is -1.95. The summed E-state index contributed by atoms with van der Waals surface area (Å²) in [7, 11) is 0. The molecule has 0 aliphatic rings. The number of aromatic nitrogens is 1. The smallest absolute Gasteiger partial charge is 0.170 e. The van der Waals surface area contributed by atoms with Crippen molar-refractivity contribution in [2.45, 2.75) is 13.8 Å². The Morgan fingerprint density at radius 3 is 3.09 bits per heavy atom. The molecule has 2 heteroatoms. The Bertz CT molecular complexity index is 389. The molecule has 2 aromatic rings. The minimum absolute atomic E-state index is 0.843. The molecule has 0 aliphatic heterocycles. The van der Waals surface area contributed by atoms with Crippen molar-refractivity contribution in [3.8, 4) is 0 Å². The lowest BCUT2D eigenvalue weighted by molar-refractivity contribution is 0.601. The topological polar surface area (TPSA) is 26.0 Å². The van der Waals surface area contributed by atoms with Crippen LogP contribution in [-0.2, 0) is 0 Å². The van der Waals surface area contributed by atoms with E-state index >= 15 is 0 Å². The normalized spacial score (nSPS) is 10.7. The van der Waals surface area contributed by atoms with Gasteiger partial charge < -0.3 is 4.42 Å². The van der Waals surface area contributed by atoms with Crippen LogP contribution in [0.15, 0.2) is 16.5 Å². The molecule has 55 valence electrons. The molecule has 0 saturated heterocycles. The summed E-state index contributed by atoms with van der Waals surface area (Å²) in [6, 6.07) is 3.82. The fourth-order valence-electron chi connectivity index (χ4n) is 1.24. The number of nitrogens with zero attached hydrogens (tertiary/aromatic N) is 1. The van der Waals surface area contributed by atoms with Crippen molar-refractivity contribution in [1.82, 2.24) is 4.98 Å². The Labute approximate surface area is 64.9 Å². The molecule has 2 rings (SSSR count). The molecule has 0 atom stereocenters. The number of rotatable bonds is 0. The minimum Gasteiger partial charge on any atom is -0.451 e. The van der Waals surface area contributed by atoms with Gasteiger partial charge >= 0.3 is 0 Å². The van der Waals surface area contributed by atoms with E-state index in [4.69, 9.17) is 4.42 Å². The number of aryl methyl sites for hydroxylation is 2. The first-order valence-corrected chi connectivity index (χ1v) is 3.51. The van der Waals surface area contributed by atoms with Crippen molar-refractivity contribution >= 4 is 11.0 Å². The van der Waals surface area contributed by atoms with E-state index in [9.17, 15) is 0 Å². The first-order valence-electron chi connectivity index (χ1n) is 3.51. The highest BCUT2D eigenvalue weighted by Gasteiger charge is 2.01. The molecule has 1 radical (unpaired) electrons. The molecule has 0 saturated carbocycles. The van der Waals surface area contributed by atoms with Crippen LogP contribution in [0.3, 0.4) is 0 Å². The van der Waals surface area contributed by atoms with Crippen LogP contribution in [0.1, 0.15) is 11.4 Å². The third-order valence-corrected chi connectivity index (χ3v) is 1.67. The highest BCUT2D eigenvalue weighted by atomic mass is 16.3. The molecule has 2 aromatic heterocycles. The zero-order chi connectivity index (χ0) is 7.84. The molecule has 0 aromatic carbocycles. The SMILES string of the molecule is Cc1cc2c[c]oc2c(C)n1. The van der Waals surface area contributed by atoms with E-state index in [0.29, 0.717) is 0 Å². The molecule has 0 N–H and O–H groups in total. The van der Waals surface area contributed by atoms with Gasteiger partial charge in [0.2, 0.25) is 0 Å². The second kappa shape index (κ2) is 2.09. The largest absolute Gasteiger partial charge is 0.451 e. The van der Waals surface area contributed by atoms with Crippen molar-refractivity contribution < 1.29 is 4.42 Å². The van der Waals surface area contributed by atoms with Crippen molar-refractivity contribution in [1.29, 1.82) is 0 Å². The highest BCUT2D eigenvalue weighted by Crippen LogP contribution is 2.17. The van der Waals surface area contributed by atoms with Gasteiger partial charge in [-0.3, -0.25) is 4.98 Å². The summed E-state index contributed by atoms with van der Waals surface area (Å²) in [6.45, 7) is 3.91. The Hall–Kier alpha value is -1.31. The number of hydrogen-bond donors (Lipinski definition) is 0. The average molecular weight is 146 g/mol. The fraction of sp³-hybridized carbons (Fsp3) is 0.222. The summed E-state index contributed by atoms with van der Waals surface area (Å²) in [4.78, 5) is 4.26. The predicted octanol–water partition coefficient (Wildman–Crippen LogP) is 2.24. The van der Waals surface area contributed by atoms with Crippen molar-refractivity contribution in [2.24, 2.45) is 0 Å². The first-order chi connectivity index (χ1) is 5.27. The van der Waals surface area contributed by atoms with Crippen molar-refractivity contribution in [3.05, 3.63) is 29.8 Å². The van der Waals surface area contributed by atoms with E-state index in [1.165, 1.54) is 0 Å². The summed E-state index contributed by atoms with van der Waals surface area (Å²) in [5, 5.41) is 1.08. The van der Waals surface area contributed by atoms with Gasteiger partial charge in [-0.1, -0.05) is 0 Å². The van der Waals surface area contributed by atoms with Crippen LogP contribution in [0.25, 0.3) is 11.0 Å². The molecule has 0 unspecified atom stereocenters. The highest BCUT2D eigenvalue weighted by molar-refractivity contribution is 5.78. The lowest BCUT2D eigenvalue weighted by atomic mass is 10.2. The number of pyridine rings is 1. The van der Waals surface area contributed by atoms with Gasteiger partial charge in [-0.25, -0.2) is 0 Å². The Morgan fingerprint density at radius 1 is 1.45 bits per heavy atom. The van der Waals surface area contributed by atoms with E-state index in [-0.39, 0.29) is 0 Å². The summed E-state index contributed by atoms with van der Waals surface area (Å²) in [6.07, 6.45) is 2.69. The van der Waals surface area contributed by atoms with Gasteiger partial charge in [-0.05, 0) is 26.0 Å². The molecule has 0 bridgehead atoms. The zero-order valence-electron chi connectivity index (χ0n) is 6.51. The second-order valence-electron chi connectivity index (χ2n) is 2.63. The molecular formula is C9H8NO. The van der Waals surface area contributed by atoms with Crippen LogP contribution in [0.2, 0.25) is 0 Å². The quantitative estimate of drug-likeness (QED) is 0.569. The second-order valence-corrected chi connectivity index (χ2v) is 2.63. The van der Waals surface area contributed by atoms with Crippen LogP contribution in [0.4, 0.5) is 0 Å².